The van der Waals surface area contributed by atoms with E-state index < -0.39 is 27.9 Å². The molecule has 1 aromatic carbocycles. The Morgan fingerprint density at radius 2 is 1.60 bits per heavy atom. The molecule has 2 aromatic heterocycles. The van der Waals surface area contributed by atoms with Gasteiger partial charge in [-0.2, -0.15) is 35.3 Å². The SMILES string of the molecule is O=C(Cc1ccc2nn(CC(=O)N3CCN(S(=O)(=O)N4CCCCC4)CC3)cc2c1)c1cccc(C(F)(F)F)n1. The number of aromatic nitrogens is 3. The van der Waals surface area contributed by atoms with E-state index >= 15 is 0 Å². The summed E-state index contributed by atoms with van der Waals surface area (Å²) in [6, 6.07) is 8.27. The molecule has 214 valence electrons. The summed E-state index contributed by atoms with van der Waals surface area (Å²) >= 11 is 0. The van der Waals surface area contributed by atoms with Crippen molar-refractivity contribution in [3.63, 3.8) is 0 Å². The highest BCUT2D eigenvalue weighted by Crippen LogP contribution is 2.27. The number of alkyl halides is 3. The van der Waals surface area contributed by atoms with Crippen LogP contribution in [0.1, 0.15) is 41.0 Å². The van der Waals surface area contributed by atoms with Crippen LogP contribution in [-0.4, -0.2) is 87.7 Å². The van der Waals surface area contributed by atoms with Crippen molar-refractivity contribution in [3.05, 3.63) is 59.5 Å². The monoisotopic (exact) mass is 578 g/mol. The van der Waals surface area contributed by atoms with Gasteiger partial charge in [-0.1, -0.05) is 18.6 Å². The fraction of sp³-hybridized carbons (Fsp3) is 0.462. The smallest absolute Gasteiger partial charge is 0.338 e. The molecule has 0 bridgehead atoms. The van der Waals surface area contributed by atoms with Crippen molar-refractivity contribution in [2.75, 3.05) is 39.3 Å². The second-order valence-corrected chi connectivity index (χ2v) is 11.9. The summed E-state index contributed by atoms with van der Waals surface area (Å²) in [6.45, 7) is 2.10. The Kier molecular flexibility index (Phi) is 7.93. The van der Waals surface area contributed by atoms with Gasteiger partial charge in [-0.05, 0) is 42.7 Å². The third kappa shape index (κ3) is 6.18. The molecule has 2 saturated heterocycles. The number of rotatable bonds is 7. The predicted molar refractivity (Wildman–Crippen MR) is 140 cm³/mol. The Bertz CT molecular complexity index is 1510. The average molecular weight is 579 g/mol. The molecule has 14 heteroatoms. The standard InChI is InChI=1S/C26H29F3N6O4S/c27-26(28,29)24-6-4-5-22(30-24)23(36)16-19-7-8-21-20(15-19)17-33(31-21)18-25(37)32-11-13-35(14-12-32)40(38,39)34-9-2-1-3-10-34/h4-8,15,17H,1-3,9-14,16,18H2. The quantitative estimate of drug-likeness (QED) is 0.399. The van der Waals surface area contributed by atoms with Gasteiger partial charge in [0.25, 0.3) is 10.2 Å². The molecule has 0 unspecified atom stereocenters. The highest BCUT2D eigenvalue weighted by molar-refractivity contribution is 7.86. The van der Waals surface area contributed by atoms with Crippen LogP contribution in [0.15, 0.2) is 42.6 Å². The zero-order valence-electron chi connectivity index (χ0n) is 21.7. The van der Waals surface area contributed by atoms with Crippen LogP contribution >= 0.6 is 0 Å². The first-order valence-electron chi connectivity index (χ1n) is 13.1. The number of hydrogen-bond donors (Lipinski definition) is 0. The first-order chi connectivity index (χ1) is 19.0. The van der Waals surface area contributed by atoms with Crippen LogP contribution in [0.3, 0.4) is 0 Å². The topological polar surface area (TPSA) is 109 Å². The summed E-state index contributed by atoms with van der Waals surface area (Å²) in [5.74, 6) is -0.733. The first-order valence-corrected chi connectivity index (χ1v) is 14.5. The lowest BCUT2D eigenvalue weighted by Gasteiger charge is -2.37. The maximum Gasteiger partial charge on any atom is 0.433 e. The Hall–Kier alpha value is -3.36. The molecule has 3 aromatic rings. The van der Waals surface area contributed by atoms with Gasteiger partial charge in [-0.15, -0.1) is 0 Å². The number of piperazine rings is 1. The van der Waals surface area contributed by atoms with Crippen molar-refractivity contribution in [1.29, 1.82) is 0 Å². The molecule has 5 rings (SSSR count). The van der Waals surface area contributed by atoms with Gasteiger partial charge in [-0.25, -0.2) is 4.98 Å². The number of piperidine rings is 1. The lowest BCUT2D eigenvalue weighted by Crippen LogP contribution is -2.55. The highest BCUT2D eigenvalue weighted by Gasteiger charge is 2.34. The van der Waals surface area contributed by atoms with E-state index in [1.165, 1.54) is 19.4 Å². The highest BCUT2D eigenvalue weighted by atomic mass is 32.2. The van der Waals surface area contributed by atoms with Gasteiger partial charge >= 0.3 is 6.18 Å². The Labute approximate surface area is 229 Å². The van der Waals surface area contributed by atoms with E-state index in [-0.39, 0.29) is 37.7 Å². The van der Waals surface area contributed by atoms with Crippen LogP contribution in [-0.2, 0) is 34.1 Å². The zero-order chi connectivity index (χ0) is 28.5. The van der Waals surface area contributed by atoms with Gasteiger partial charge in [0, 0.05) is 57.3 Å². The number of hydrogen-bond acceptors (Lipinski definition) is 6. The summed E-state index contributed by atoms with van der Waals surface area (Å²) in [6.07, 6.45) is -0.353. The molecule has 0 spiro atoms. The number of pyridine rings is 1. The number of carbonyl (C=O) groups excluding carboxylic acids is 2. The van der Waals surface area contributed by atoms with Gasteiger partial charge in [0.1, 0.15) is 17.9 Å². The molecule has 2 aliphatic rings. The number of carbonyl (C=O) groups is 2. The van der Waals surface area contributed by atoms with Gasteiger partial charge in [0.2, 0.25) is 5.91 Å². The molecule has 4 heterocycles. The maximum absolute atomic E-state index is 12.9. The lowest BCUT2D eigenvalue weighted by molar-refractivity contribution is -0.141. The molecule has 10 nitrogen and oxygen atoms in total. The minimum Gasteiger partial charge on any atom is -0.338 e. The van der Waals surface area contributed by atoms with Crippen LogP contribution in [0.2, 0.25) is 0 Å². The molecular weight excluding hydrogens is 549 g/mol. The van der Waals surface area contributed by atoms with E-state index in [4.69, 9.17) is 0 Å². The molecule has 40 heavy (non-hydrogen) atoms. The maximum atomic E-state index is 12.9. The summed E-state index contributed by atoms with van der Waals surface area (Å²) in [4.78, 5) is 30.6. The number of amides is 1. The van der Waals surface area contributed by atoms with Crippen LogP contribution < -0.4 is 0 Å². The minimum atomic E-state index is -4.64. The Morgan fingerprint density at radius 3 is 2.30 bits per heavy atom. The van der Waals surface area contributed by atoms with E-state index in [0.29, 0.717) is 42.6 Å². The van der Waals surface area contributed by atoms with E-state index in [9.17, 15) is 31.2 Å². The summed E-state index contributed by atoms with van der Waals surface area (Å²) in [5, 5.41) is 5.09. The fourth-order valence-corrected chi connectivity index (χ4v) is 6.68. The molecule has 0 radical (unpaired) electrons. The third-order valence-corrected chi connectivity index (χ3v) is 9.20. The van der Waals surface area contributed by atoms with Gasteiger partial charge < -0.3 is 4.90 Å². The number of fused-ring (bicyclic) bond motifs is 1. The Balaban J connectivity index is 1.19. The van der Waals surface area contributed by atoms with Crippen molar-refractivity contribution in [2.24, 2.45) is 0 Å². The van der Waals surface area contributed by atoms with Crippen LogP contribution in [0.5, 0.6) is 0 Å². The van der Waals surface area contributed by atoms with Crippen LogP contribution in [0.4, 0.5) is 13.2 Å². The summed E-state index contributed by atoms with van der Waals surface area (Å²) in [5.41, 5.74) is -0.211. The number of halogens is 3. The van der Waals surface area contributed by atoms with E-state index in [2.05, 4.69) is 10.1 Å². The van der Waals surface area contributed by atoms with Crippen molar-refractivity contribution < 1.29 is 31.2 Å². The number of nitrogens with zero attached hydrogens (tertiary/aromatic N) is 6. The van der Waals surface area contributed by atoms with Crippen molar-refractivity contribution in [2.45, 2.75) is 38.4 Å². The number of Topliss-reactive ketones (excluding diaryl/α,β-unsaturated/α-hetero) is 1. The predicted octanol–water partition coefficient (Wildman–Crippen LogP) is 2.75. The van der Waals surface area contributed by atoms with Crippen molar-refractivity contribution in [1.82, 2.24) is 28.3 Å². The molecule has 0 aliphatic carbocycles. The largest absolute Gasteiger partial charge is 0.433 e. The fourth-order valence-electron chi connectivity index (χ4n) is 5.01. The summed E-state index contributed by atoms with van der Waals surface area (Å²) in [7, 11) is -3.52. The third-order valence-electron chi connectivity index (χ3n) is 7.16. The van der Waals surface area contributed by atoms with E-state index in [0.717, 1.165) is 31.4 Å². The Morgan fingerprint density at radius 1 is 0.900 bits per heavy atom. The molecule has 0 N–H and O–H groups in total. The average Bonchev–Trinajstić information content (AvgIpc) is 3.34. The molecule has 1 amide bonds. The normalized spacial score (nSPS) is 17.8. The molecule has 0 atom stereocenters. The van der Waals surface area contributed by atoms with Gasteiger partial charge in [0.05, 0.1) is 5.52 Å². The molecule has 0 saturated carbocycles. The van der Waals surface area contributed by atoms with E-state index in [1.807, 2.05) is 0 Å². The zero-order valence-corrected chi connectivity index (χ0v) is 22.5. The van der Waals surface area contributed by atoms with Gasteiger partial charge in [0.15, 0.2) is 5.78 Å². The molecular formula is C26H29F3N6O4S. The first kappa shape index (κ1) is 28.2. The van der Waals surface area contributed by atoms with Crippen molar-refractivity contribution in [3.8, 4) is 0 Å². The van der Waals surface area contributed by atoms with Crippen LogP contribution in [0, 0.1) is 0 Å². The molecule has 2 fully saturated rings. The minimum absolute atomic E-state index is 0.0318. The summed E-state index contributed by atoms with van der Waals surface area (Å²) < 4.78 is 69.1. The van der Waals surface area contributed by atoms with Crippen molar-refractivity contribution >= 4 is 32.8 Å². The number of ketones is 1. The van der Waals surface area contributed by atoms with Crippen LogP contribution in [0.25, 0.3) is 10.9 Å². The second kappa shape index (κ2) is 11.3. The van der Waals surface area contributed by atoms with Gasteiger partial charge in [-0.3, -0.25) is 14.3 Å². The van der Waals surface area contributed by atoms with E-state index in [1.54, 1.807) is 29.3 Å². The number of benzene rings is 1. The second-order valence-electron chi connectivity index (χ2n) is 9.97. The molecule has 2 aliphatic heterocycles. The lowest BCUT2D eigenvalue weighted by atomic mass is 10.0.